The van der Waals surface area contributed by atoms with Gasteiger partial charge in [0.25, 0.3) is 0 Å². The molecule has 0 aliphatic rings. The number of allylic oxidation sites excluding steroid dienone is 1. The fraction of sp³-hybridized carbons (Fsp3) is 0.273. The van der Waals surface area contributed by atoms with Crippen LogP contribution in [0.25, 0.3) is 5.57 Å². The zero-order valence-electron chi connectivity index (χ0n) is 7.31. The van der Waals surface area contributed by atoms with Gasteiger partial charge in [-0.3, -0.25) is 0 Å². The molecule has 0 saturated heterocycles. The molecule has 0 bridgehead atoms. The first-order valence-electron chi connectivity index (χ1n) is 4.11. The average molecular weight is 181 g/mol. The van der Waals surface area contributed by atoms with Crippen LogP contribution in [0.15, 0.2) is 30.8 Å². The molecule has 0 aliphatic heterocycles. The molecular weight excluding hydrogens is 168 g/mol. The summed E-state index contributed by atoms with van der Waals surface area (Å²) in [5, 5.41) is 0. The maximum atomic E-state index is 5.68. The van der Waals surface area contributed by atoms with E-state index < -0.39 is 0 Å². The zero-order valence-corrected chi connectivity index (χ0v) is 8.06. The fourth-order valence-corrected chi connectivity index (χ4v) is 1.24. The molecule has 0 spiro atoms. The highest BCUT2D eigenvalue weighted by Crippen LogP contribution is 2.15. The third-order valence-corrected chi connectivity index (χ3v) is 2.23. The second kappa shape index (κ2) is 4.32. The Morgan fingerprint density at radius 2 is 2.25 bits per heavy atom. The molecule has 0 amide bonds. The first-order chi connectivity index (χ1) is 5.77. The second-order valence-corrected chi connectivity index (χ2v) is 3.06. The predicted octanol–water partition coefficient (Wildman–Crippen LogP) is 3.50. The Morgan fingerprint density at radius 3 is 2.83 bits per heavy atom. The van der Waals surface area contributed by atoms with Crippen molar-refractivity contribution in [1.29, 1.82) is 0 Å². The predicted molar refractivity (Wildman–Crippen MR) is 55.6 cm³/mol. The lowest BCUT2D eigenvalue weighted by molar-refractivity contribution is 1.14. The summed E-state index contributed by atoms with van der Waals surface area (Å²) in [7, 11) is 0. The molecule has 1 heteroatoms. The third-order valence-electron chi connectivity index (χ3n) is 1.90. The third kappa shape index (κ3) is 2.12. The van der Waals surface area contributed by atoms with Gasteiger partial charge >= 0.3 is 0 Å². The summed E-state index contributed by atoms with van der Waals surface area (Å²) in [5.41, 5.74) is 3.48. The van der Waals surface area contributed by atoms with Crippen LogP contribution in [-0.4, -0.2) is 5.88 Å². The van der Waals surface area contributed by atoms with Gasteiger partial charge in [-0.25, -0.2) is 0 Å². The highest BCUT2D eigenvalue weighted by atomic mass is 35.5. The van der Waals surface area contributed by atoms with E-state index in [2.05, 4.69) is 25.6 Å². The molecule has 1 rings (SSSR count). The second-order valence-electron chi connectivity index (χ2n) is 2.79. The number of hydrogen-bond acceptors (Lipinski definition) is 0. The van der Waals surface area contributed by atoms with Crippen molar-refractivity contribution in [2.45, 2.75) is 13.3 Å². The van der Waals surface area contributed by atoms with E-state index in [1.54, 1.807) is 0 Å². The summed E-state index contributed by atoms with van der Waals surface area (Å²) in [6.07, 6.45) is 1.06. The molecule has 0 nitrogen and oxygen atoms in total. The summed E-state index contributed by atoms with van der Waals surface area (Å²) in [6.45, 7) is 6.03. The number of hydrogen-bond donors (Lipinski definition) is 0. The molecule has 0 unspecified atom stereocenters. The molecule has 0 atom stereocenters. The molecule has 0 fully saturated rings. The summed E-state index contributed by atoms with van der Waals surface area (Å²) < 4.78 is 0. The zero-order chi connectivity index (χ0) is 8.97. The lowest BCUT2D eigenvalue weighted by Crippen LogP contribution is -1.86. The van der Waals surface area contributed by atoms with Gasteiger partial charge in [-0.05, 0) is 23.1 Å². The van der Waals surface area contributed by atoms with Crippen LogP contribution in [0.1, 0.15) is 18.1 Å². The summed E-state index contributed by atoms with van der Waals surface area (Å²) >= 11 is 5.68. The minimum Gasteiger partial charge on any atom is -0.122 e. The summed E-state index contributed by atoms with van der Waals surface area (Å²) in [5.74, 6) is 0.507. The average Bonchev–Trinajstić information content (AvgIpc) is 2.17. The molecule has 0 aliphatic carbocycles. The van der Waals surface area contributed by atoms with Crippen molar-refractivity contribution >= 4 is 17.2 Å². The standard InChI is InChI=1S/C11H13Cl/c1-3-10-5-4-6-11(7-10)9(2)8-12/h4-7H,2-3,8H2,1H3. The Labute approximate surface area is 78.9 Å². The van der Waals surface area contributed by atoms with E-state index in [0.29, 0.717) is 5.88 Å². The van der Waals surface area contributed by atoms with Gasteiger partial charge in [-0.15, -0.1) is 11.6 Å². The van der Waals surface area contributed by atoms with Gasteiger partial charge in [0.2, 0.25) is 0 Å². The van der Waals surface area contributed by atoms with E-state index in [-0.39, 0.29) is 0 Å². The van der Waals surface area contributed by atoms with Crippen molar-refractivity contribution in [3.63, 3.8) is 0 Å². The molecule has 0 radical (unpaired) electrons. The fourth-order valence-electron chi connectivity index (χ4n) is 1.09. The van der Waals surface area contributed by atoms with E-state index in [4.69, 9.17) is 11.6 Å². The van der Waals surface area contributed by atoms with Gasteiger partial charge in [0.1, 0.15) is 0 Å². The van der Waals surface area contributed by atoms with Crippen LogP contribution in [0.4, 0.5) is 0 Å². The van der Waals surface area contributed by atoms with Crippen molar-refractivity contribution in [3.05, 3.63) is 42.0 Å². The number of halogens is 1. The van der Waals surface area contributed by atoms with E-state index in [1.165, 1.54) is 5.56 Å². The van der Waals surface area contributed by atoms with Crippen LogP contribution >= 0.6 is 11.6 Å². The topological polar surface area (TPSA) is 0 Å². The first-order valence-corrected chi connectivity index (χ1v) is 4.64. The van der Waals surface area contributed by atoms with Gasteiger partial charge in [0.15, 0.2) is 0 Å². The lowest BCUT2D eigenvalue weighted by atomic mass is 10.0. The van der Waals surface area contributed by atoms with E-state index in [1.807, 2.05) is 12.1 Å². The molecule has 0 N–H and O–H groups in total. The SMILES string of the molecule is C=C(CCl)c1cccc(CC)c1. The Bertz CT molecular complexity index is 276. The van der Waals surface area contributed by atoms with Gasteiger partial charge in [0.05, 0.1) is 0 Å². The first kappa shape index (κ1) is 9.34. The smallest absolute Gasteiger partial charge is 0.0474 e. The Morgan fingerprint density at radius 1 is 1.50 bits per heavy atom. The molecule has 1 aromatic carbocycles. The molecule has 0 heterocycles. The Hall–Kier alpha value is -0.750. The molecule has 64 valence electrons. The van der Waals surface area contributed by atoms with Crippen LogP contribution in [0, 0.1) is 0 Å². The number of benzene rings is 1. The van der Waals surface area contributed by atoms with Gasteiger partial charge in [-0.1, -0.05) is 37.8 Å². The minimum absolute atomic E-state index is 0.507. The van der Waals surface area contributed by atoms with E-state index >= 15 is 0 Å². The maximum absolute atomic E-state index is 5.68. The van der Waals surface area contributed by atoms with Crippen molar-refractivity contribution in [2.75, 3.05) is 5.88 Å². The van der Waals surface area contributed by atoms with E-state index in [9.17, 15) is 0 Å². The van der Waals surface area contributed by atoms with Crippen LogP contribution in [0.2, 0.25) is 0 Å². The normalized spacial score (nSPS) is 9.83. The van der Waals surface area contributed by atoms with Gasteiger partial charge in [-0.2, -0.15) is 0 Å². The van der Waals surface area contributed by atoms with Crippen molar-refractivity contribution in [1.82, 2.24) is 0 Å². The van der Waals surface area contributed by atoms with Crippen molar-refractivity contribution in [3.8, 4) is 0 Å². The Balaban J connectivity index is 2.93. The summed E-state index contributed by atoms with van der Waals surface area (Å²) in [6, 6.07) is 8.35. The van der Waals surface area contributed by atoms with Crippen molar-refractivity contribution < 1.29 is 0 Å². The molecule has 0 aromatic heterocycles. The molecule has 1 aromatic rings. The highest BCUT2D eigenvalue weighted by Gasteiger charge is 1.97. The molecule has 12 heavy (non-hydrogen) atoms. The largest absolute Gasteiger partial charge is 0.122 e. The van der Waals surface area contributed by atoms with Gasteiger partial charge in [0, 0.05) is 5.88 Å². The molecular formula is C11H13Cl. The Kier molecular flexibility index (Phi) is 3.36. The number of rotatable bonds is 3. The van der Waals surface area contributed by atoms with E-state index in [0.717, 1.165) is 17.6 Å². The monoisotopic (exact) mass is 180 g/mol. The van der Waals surface area contributed by atoms with Crippen molar-refractivity contribution in [2.24, 2.45) is 0 Å². The maximum Gasteiger partial charge on any atom is 0.0474 e. The summed E-state index contributed by atoms with van der Waals surface area (Å²) in [4.78, 5) is 0. The number of aryl methyl sites for hydroxylation is 1. The van der Waals surface area contributed by atoms with Crippen LogP contribution in [0.3, 0.4) is 0 Å². The van der Waals surface area contributed by atoms with Crippen LogP contribution < -0.4 is 0 Å². The van der Waals surface area contributed by atoms with Gasteiger partial charge < -0.3 is 0 Å². The lowest BCUT2D eigenvalue weighted by Gasteiger charge is -2.03. The molecule has 0 saturated carbocycles. The number of alkyl halides is 1. The highest BCUT2D eigenvalue weighted by molar-refractivity contribution is 6.23. The van der Waals surface area contributed by atoms with Crippen LogP contribution in [0.5, 0.6) is 0 Å². The minimum atomic E-state index is 0.507. The van der Waals surface area contributed by atoms with Crippen LogP contribution in [-0.2, 0) is 6.42 Å². The quantitative estimate of drug-likeness (QED) is 0.625.